The Bertz CT molecular complexity index is 984. The van der Waals surface area contributed by atoms with Crippen molar-refractivity contribution in [3.05, 3.63) is 112 Å². The van der Waals surface area contributed by atoms with Crippen molar-refractivity contribution in [2.75, 3.05) is 0 Å². The Labute approximate surface area is 166 Å². The minimum absolute atomic E-state index is 0.338. The van der Waals surface area contributed by atoms with Gasteiger partial charge in [-0.1, -0.05) is 88.7 Å². The Morgan fingerprint density at radius 3 is 2.07 bits per heavy atom. The molecule has 0 spiro atoms. The first-order valence-corrected chi connectivity index (χ1v) is 9.50. The van der Waals surface area contributed by atoms with Gasteiger partial charge in [0.05, 0.1) is 12.2 Å². The van der Waals surface area contributed by atoms with Crippen molar-refractivity contribution in [1.82, 2.24) is 4.90 Å². The van der Waals surface area contributed by atoms with Gasteiger partial charge in [-0.05, 0) is 34.9 Å². The Balaban J connectivity index is 1.80. The van der Waals surface area contributed by atoms with E-state index in [1.165, 1.54) is 0 Å². The number of halogens is 1. The fourth-order valence-electron chi connectivity index (χ4n) is 3.33. The molecule has 1 aliphatic rings. The summed E-state index contributed by atoms with van der Waals surface area (Å²) in [7, 11) is 0. The Hall–Kier alpha value is -2.69. The number of amides is 1. The molecule has 1 amide bonds. The average molecular weight is 420 g/mol. The molecule has 134 valence electrons. The molecule has 0 aromatic heterocycles. The van der Waals surface area contributed by atoms with Crippen molar-refractivity contribution in [1.29, 1.82) is 0 Å². The van der Waals surface area contributed by atoms with E-state index in [4.69, 9.17) is 0 Å². The van der Waals surface area contributed by atoms with Crippen LogP contribution in [0.15, 0.2) is 95.5 Å². The van der Waals surface area contributed by atoms with E-state index >= 15 is 0 Å². The lowest BCUT2D eigenvalue weighted by Gasteiger charge is -2.25. The second kappa shape index (κ2) is 7.14. The third-order valence-electron chi connectivity index (χ3n) is 4.74. The van der Waals surface area contributed by atoms with Crippen LogP contribution in [0.5, 0.6) is 0 Å². The molecule has 1 atom stereocenters. The van der Waals surface area contributed by atoms with E-state index < -0.39 is 5.60 Å². The van der Waals surface area contributed by atoms with E-state index in [0.29, 0.717) is 17.8 Å². The first kappa shape index (κ1) is 17.7. The van der Waals surface area contributed by atoms with Gasteiger partial charge in [0.15, 0.2) is 5.60 Å². The largest absolute Gasteiger partial charge is 0.372 e. The van der Waals surface area contributed by atoms with Crippen molar-refractivity contribution in [3.63, 3.8) is 0 Å². The molecule has 4 heteroatoms. The topological polar surface area (TPSA) is 40.5 Å². The summed E-state index contributed by atoms with van der Waals surface area (Å²) in [5, 5.41) is 11.3. The van der Waals surface area contributed by atoms with Crippen molar-refractivity contribution in [2.24, 2.45) is 0 Å². The first-order chi connectivity index (χ1) is 13.1. The Morgan fingerprint density at radius 1 is 0.852 bits per heavy atom. The molecule has 1 aliphatic heterocycles. The molecule has 4 rings (SSSR count). The van der Waals surface area contributed by atoms with Gasteiger partial charge in [0, 0.05) is 4.47 Å². The smallest absolute Gasteiger partial charge is 0.268 e. The second-order valence-electron chi connectivity index (χ2n) is 6.55. The number of benzene rings is 3. The molecule has 3 nitrogen and oxygen atoms in total. The summed E-state index contributed by atoms with van der Waals surface area (Å²) in [6, 6.07) is 26.6. The molecule has 0 aliphatic carbocycles. The van der Waals surface area contributed by atoms with Crippen molar-refractivity contribution in [2.45, 2.75) is 12.1 Å². The summed E-state index contributed by atoms with van der Waals surface area (Å²) in [6.07, 6.45) is 1.66. The normalized spacial score (nSPS) is 19.3. The zero-order valence-electron chi connectivity index (χ0n) is 14.5. The van der Waals surface area contributed by atoms with E-state index in [-0.39, 0.29) is 5.91 Å². The highest BCUT2D eigenvalue weighted by atomic mass is 79.9. The molecular formula is C23H18BrNO2. The standard InChI is InChI=1S/C23H18BrNO2/c24-20-13-11-18(12-14-20)21-15-23(27,19-9-5-2-6-10-19)22(26)25(21)16-17-7-3-1-4-8-17/h1-15,27H,16H2/t23-/m0/s1. The summed E-state index contributed by atoms with van der Waals surface area (Å²) in [5.41, 5.74) is 1.50. The van der Waals surface area contributed by atoms with Gasteiger partial charge in [-0.25, -0.2) is 0 Å². The number of hydrogen-bond acceptors (Lipinski definition) is 2. The number of nitrogens with zero attached hydrogens (tertiary/aromatic N) is 1. The molecule has 27 heavy (non-hydrogen) atoms. The van der Waals surface area contributed by atoms with Gasteiger partial charge in [-0.3, -0.25) is 4.79 Å². The monoisotopic (exact) mass is 419 g/mol. The lowest BCUT2D eigenvalue weighted by Crippen LogP contribution is -2.38. The zero-order chi connectivity index (χ0) is 18.9. The van der Waals surface area contributed by atoms with E-state index in [1.807, 2.05) is 72.8 Å². The fraction of sp³-hybridized carbons (Fsp3) is 0.0870. The highest BCUT2D eigenvalue weighted by Crippen LogP contribution is 2.39. The summed E-state index contributed by atoms with van der Waals surface area (Å²) < 4.78 is 0.962. The Kier molecular flexibility index (Phi) is 4.68. The van der Waals surface area contributed by atoms with E-state index in [1.54, 1.807) is 23.1 Å². The van der Waals surface area contributed by atoms with Crippen LogP contribution in [0.3, 0.4) is 0 Å². The maximum atomic E-state index is 13.3. The number of aliphatic hydroxyl groups is 1. The molecular weight excluding hydrogens is 402 g/mol. The molecule has 0 radical (unpaired) electrons. The quantitative estimate of drug-likeness (QED) is 0.664. The molecule has 3 aromatic carbocycles. The summed E-state index contributed by atoms with van der Waals surface area (Å²) in [5.74, 6) is -0.338. The lowest BCUT2D eigenvalue weighted by atomic mass is 9.94. The minimum atomic E-state index is -1.67. The third kappa shape index (κ3) is 3.34. The predicted octanol–water partition coefficient (Wildman–Crippen LogP) is 4.72. The minimum Gasteiger partial charge on any atom is -0.372 e. The highest BCUT2D eigenvalue weighted by molar-refractivity contribution is 9.10. The van der Waals surface area contributed by atoms with Crippen molar-refractivity contribution >= 4 is 27.5 Å². The zero-order valence-corrected chi connectivity index (χ0v) is 16.1. The summed E-state index contributed by atoms with van der Waals surface area (Å²) in [4.78, 5) is 15.0. The predicted molar refractivity (Wildman–Crippen MR) is 109 cm³/mol. The highest BCUT2D eigenvalue weighted by Gasteiger charge is 2.46. The Morgan fingerprint density at radius 2 is 1.44 bits per heavy atom. The molecule has 0 fully saturated rings. The van der Waals surface area contributed by atoms with Crippen LogP contribution in [0.1, 0.15) is 16.7 Å². The van der Waals surface area contributed by atoms with Gasteiger partial charge >= 0.3 is 0 Å². The molecule has 0 saturated carbocycles. The summed E-state index contributed by atoms with van der Waals surface area (Å²) >= 11 is 3.44. The number of carbonyl (C=O) groups is 1. The molecule has 0 unspecified atom stereocenters. The lowest BCUT2D eigenvalue weighted by molar-refractivity contribution is -0.142. The molecule has 1 heterocycles. The number of hydrogen-bond donors (Lipinski definition) is 1. The van der Waals surface area contributed by atoms with Gasteiger partial charge in [0.2, 0.25) is 0 Å². The van der Waals surface area contributed by atoms with Gasteiger partial charge in [0.1, 0.15) is 0 Å². The number of rotatable bonds is 4. The maximum absolute atomic E-state index is 13.3. The SMILES string of the molecule is O=C1N(Cc2ccccc2)C(c2ccc(Br)cc2)=C[C@]1(O)c1ccccc1. The van der Waals surface area contributed by atoms with Gasteiger partial charge < -0.3 is 10.0 Å². The first-order valence-electron chi connectivity index (χ1n) is 8.70. The van der Waals surface area contributed by atoms with Crippen LogP contribution in [-0.2, 0) is 16.9 Å². The van der Waals surface area contributed by atoms with E-state index in [2.05, 4.69) is 15.9 Å². The summed E-state index contributed by atoms with van der Waals surface area (Å²) in [6.45, 7) is 0.400. The maximum Gasteiger partial charge on any atom is 0.268 e. The van der Waals surface area contributed by atoms with Gasteiger partial charge in [-0.15, -0.1) is 0 Å². The van der Waals surface area contributed by atoms with E-state index in [0.717, 1.165) is 15.6 Å². The van der Waals surface area contributed by atoms with Crippen LogP contribution in [0.2, 0.25) is 0 Å². The van der Waals surface area contributed by atoms with Crippen LogP contribution in [0.25, 0.3) is 5.70 Å². The van der Waals surface area contributed by atoms with Crippen LogP contribution in [-0.4, -0.2) is 15.9 Å². The van der Waals surface area contributed by atoms with Crippen molar-refractivity contribution < 1.29 is 9.90 Å². The fourth-order valence-corrected chi connectivity index (χ4v) is 3.60. The van der Waals surface area contributed by atoms with Crippen LogP contribution >= 0.6 is 15.9 Å². The molecule has 3 aromatic rings. The van der Waals surface area contributed by atoms with Gasteiger partial charge in [0.25, 0.3) is 5.91 Å². The van der Waals surface area contributed by atoms with Crippen LogP contribution < -0.4 is 0 Å². The second-order valence-corrected chi connectivity index (χ2v) is 7.46. The van der Waals surface area contributed by atoms with Crippen LogP contribution in [0.4, 0.5) is 0 Å². The molecule has 0 saturated heterocycles. The van der Waals surface area contributed by atoms with Gasteiger partial charge in [-0.2, -0.15) is 0 Å². The molecule has 1 N–H and O–H groups in total. The van der Waals surface area contributed by atoms with Crippen molar-refractivity contribution in [3.8, 4) is 0 Å². The molecule has 0 bridgehead atoms. The number of carbonyl (C=O) groups excluding carboxylic acids is 1. The third-order valence-corrected chi connectivity index (χ3v) is 5.27. The van der Waals surface area contributed by atoms with Crippen LogP contribution in [0, 0.1) is 0 Å². The average Bonchev–Trinajstić information content (AvgIpc) is 2.96. The van der Waals surface area contributed by atoms with E-state index in [9.17, 15) is 9.90 Å².